The van der Waals surface area contributed by atoms with E-state index in [4.69, 9.17) is 9.47 Å². The van der Waals surface area contributed by atoms with Gasteiger partial charge in [-0.3, -0.25) is 0 Å². The van der Waals surface area contributed by atoms with Crippen LogP contribution in [-0.2, 0) is 17.6 Å². The summed E-state index contributed by atoms with van der Waals surface area (Å²) in [6.45, 7) is 4.93. The smallest absolute Gasteiger partial charge is 0.408 e. The Hall–Kier alpha value is -3.45. The van der Waals surface area contributed by atoms with Gasteiger partial charge >= 0.3 is 6.09 Å². The molecular formula is C31H33F2N2O3+. The molecule has 3 aromatic rings. The van der Waals surface area contributed by atoms with Crippen molar-refractivity contribution < 1.29 is 27.5 Å². The van der Waals surface area contributed by atoms with Gasteiger partial charge in [-0.15, -0.1) is 0 Å². The van der Waals surface area contributed by atoms with Crippen molar-refractivity contribution in [3.8, 4) is 5.75 Å². The van der Waals surface area contributed by atoms with E-state index >= 15 is 0 Å². The predicted octanol–water partition coefficient (Wildman–Crippen LogP) is 5.57. The fourth-order valence-electron chi connectivity index (χ4n) is 6.49. The van der Waals surface area contributed by atoms with Crippen molar-refractivity contribution in [2.24, 2.45) is 5.92 Å². The largest absolute Gasteiger partial charge is 0.493 e. The van der Waals surface area contributed by atoms with Crippen LogP contribution in [0.15, 0.2) is 66.7 Å². The molecule has 4 heterocycles. The Morgan fingerprint density at radius 3 is 2.39 bits per heavy atom. The zero-order valence-electron chi connectivity index (χ0n) is 21.4. The van der Waals surface area contributed by atoms with Gasteiger partial charge in [-0.25, -0.2) is 13.6 Å². The molecular weight excluding hydrogens is 486 g/mol. The second-order valence-corrected chi connectivity index (χ2v) is 11.0. The second kappa shape index (κ2) is 10.4. The van der Waals surface area contributed by atoms with E-state index in [0.717, 1.165) is 68.7 Å². The topological polar surface area (TPSA) is 47.6 Å². The lowest BCUT2D eigenvalue weighted by molar-refractivity contribution is -0.943. The molecule has 0 spiro atoms. The normalized spacial score (nSPS) is 23.7. The maximum Gasteiger partial charge on any atom is 0.408 e. The lowest BCUT2D eigenvalue weighted by Gasteiger charge is -2.52. The number of carbonyl (C=O) groups excluding carboxylic acids is 1. The minimum absolute atomic E-state index is 0.0130. The molecule has 1 atom stereocenters. The number of halogens is 2. The van der Waals surface area contributed by atoms with Crippen LogP contribution in [0.1, 0.15) is 41.2 Å². The summed E-state index contributed by atoms with van der Waals surface area (Å²) in [7, 11) is 0. The summed E-state index contributed by atoms with van der Waals surface area (Å²) in [4.78, 5) is 13.2. The number of nitrogens with one attached hydrogen (secondary N) is 1. The standard InChI is InChI=1S/C31H32F2N2O3/c32-26-5-1-3-24(18-26)30(25-4-2-6-27(33)19-25)38-31(36)34-28-20-35(14-10-22(28)11-15-35)13-9-21-7-8-29-23(17-21)12-16-37-29/h1-8,17-19,22,28,30H,9-16,20H2/p+1. The van der Waals surface area contributed by atoms with Crippen molar-refractivity contribution in [2.45, 2.75) is 37.8 Å². The number of piperidine rings is 3. The molecule has 1 N–H and O–H groups in total. The maximum absolute atomic E-state index is 14.0. The van der Waals surface area contributed by atoms with E-state index in [1.165, 1.54) is 35.4 Å². The first-order valence-corrected chi connectivity index (χ1v) is 13.5. The zero-order valence-corrected chi connectivity index (χ0v) is 21.4. The van der Waals surface area contributed by atoms with Crippen LogP contribution in [0, 0.1) is 17.6 Å². The number of ether oxygens (including phenoxy) is 2. The number of quaternary nitrogens is 1. The van der Waals surface area contributed by atoms with Crippen molar-refractivity contribution in [3.05, 3.63) is 101 Å². The summed E-state index contributed by atoms with van der Waals surface area (Å²) >= 11 is 0. The third-order valence-corrected chi connectivity index (χ3v) is 8.56. The number of alkyl carbamates (subject to hydrolysis) is 1. The highest BCUT2D eigenvalue weighted by atomic mass is 19.1. The Kier molecular flexibility index (Phi) is 6.78. The number of amides is 1. The second-order valence-electron chi connectivity index (χ2n) is 11.0. The minimum Gasteiger partial charge on any atom is -0.493 e. The highest BCUT2D eigenvalue weighted by Crippen LogP contribution is 2.35. The Morgan fingerprint density at radius 2 is 1.71 bits per heavy atom. The van der Waals surface area contributed by atoms with E-state index in [9.17, 15) is 13.6 Å². The molecule has 38 heavy (non-hydrogen) atoms. The number of nitrogens with zero attached hydrogens (tertiary/aromatic N) is 1. The number of benzene rings is 3. The number of carbonyl (C=O) groups is 1. The number of rotatable bonds is 7. The average molecular weight is 520 g/mol. The summed E-state index contributed by atoms with van der Waals surface area (Å²) < 4.78 is 40.5. The Labute approximate surface area is 222 Å². The molecule has 4 aliphatic heterocycles. The van der Waals surface area contributed by atoms with Crippen molar-refractivity contribution in [3.63, 3.8) is 0 Å². The first kappa shape index (κ1) is 24.9. The fourth-order valence-corrected chi connectivity index (χ4v) is 6.49. The Morgan fingerprint density at radius 1 is 1.00 bits per heavy atom. The highest BCUT2D eigenvalue weighted by molar-refractivity contribution is 5.68. The molecule has 7 heteroatoms. The van der Waals surface area contributed by atoms with Gasteiger partial charge in [0.2, 0.25) is 0 Å². The number of fused-ring (bicyclic) bond motifs is 4. The first-order valence-electron chi connectivity index (χ1n) is 13.5. The minimum atomic E-state index is -0.908. The van der Waals surface area contributed by atoms with Gasteiger partial charge in [0.05, 0.1) is 38.8 Å². The molecule has 4 aliphatic rings. The van der Waals surface area contributed by atoms with Crippen LogP contribution in [-0.4, -0.2) is 49.4 Å². The molecule has 198 valence electrons. The Balaban J connectivity index is 1.13. The fraction of sp³-hybridized carbons (Fsp3) is 0.387. The summed E-state index contributed by atoms with van der Waals surface area (Å²) in [5, 5.41) is 3.13. The molecule has 0 radical (unpaired) electrons. The van der Waals surface area contributed by atoms with Gasteiger partial charge in [-0.1, -0.05) is 36.4 Å². The van der Waals surface area contributed by atoms with E-state index in [-0.39, 0.29) is 6.04 Å². The van der Waals surface area contributed by atoms with Gasteiger partial charge in [-0.05, 0) is 58.5 Å². The van der Waals surface area contributed by atoms with Crippen molar-refractivity contribution >= 4 is 6.09 Å². The number of hydrogen-bond acceptors (Lipinski definition) is 3. The molecule has 0 saturated carbocycles. The molecule has 1 amide bonds. The van der Waals surface area contributed by atoms with E-state index in [1.54, 1.807) is 24.3 Å². The molecule has 5 nitrogen and oxygen atoms in total. The van der Waals surface area contributed by atoms with Crippen molar-refractivity contribution in [1.29, 1.82) is 0 Å². The van der Waals surface area contributed by atoms with Gasteiger partial charge in [-0.2, -0.15) is 0 Å². The molecule has 0 aromatic heterocycles. The quantitative estimate of drug-likeness (QED) is 0.416. The highest BCUT2D eigenvalue weighted by Gasteiger charge is 2.46. The lowest BCUT2D eigenvalue weighted by atomic mass is 9.81. The summed E-state index contributed by atoms with van der Waals surface area (Å²) in [6, 6.07) is 18.4. The zero-order chi connectivity index (χ0) is 26.1. The summed E-state index contributed by atoms with van der Waals surface area (Å²) in [6.07, 6.45) is 2.65. The third kappa shape index (κ3) is 5.25. The van der Waals surface area contributed by atoms with E-state index in [0.29, 0.717) is 17.0 Å². The molecule has 7 rings (SSSR count). The molecule has 2 bridgehead atoms. The monoisotopic (exact) mass is 519 g/mol. The van der Waals surface area contributed by atoms with Crippen LogP contribution in [0.4, 0.5) is 13.6 Å². The van der Waals surface area contributed by atoms with Gasteiger partial charge in [0.15, 0.2) is 6.10 Å². The average Bonchev–Trinajstić information content (AvgIpc) is 3.39. The van der Waals surface area contributed by atoms with Crippen LogP contribution < -0.4 is 10.1 Å². The van der Waals surface area contributed by atoms with E-state index < -0.39 is 23.8 Å². The van der Waals surface area contributed by atoms with E-state index in [2.05, 4.69) is 23.5 Å². The van der Waals surface area contributed by atoms with Crippen LogP contribution in [0.3, 0.4) is 0 Å². The van der Waals surface area contributed by atoms with Crippen LogP contribution in [0.2, 0.25) is 0 Å². The number of hydrogen-bond donors (Lipinski definition) is 1. The van der Waals surface area contributed by atoms with Gasteiger partial charge in [0.1, 0.15) is 17.4 Å². The molecule has 3 aromatic carbocycles. The molecule has 0 aliphatic carbocycles. The third-order valence-electron chi connectivity index (χ3n) is 8.56. The van der Waals surface area contributed by atoms with Crippen LogP contribution in [0.25, 0.3) is 0 Å². The van der Waals surface area contributed by atoms with Gasteiger partial charge < -0.3 is 19.3 Å². The van der Waals surface area contributed by atoms with Crippen molar-refractivity contribution in [1.82, 2.24) is 5.32 Å². The van der Waals surface area contributed by atoms with Crippen LogP contribution >= 0.6 is 0 Å². The summed E-state index contributed by atoms with van der Waals surface area (Å²) in [5.41, 5.74) is 3.56. The molecule has 3 fully saturated rings. The first-order chi connectivity index (χ1) is 18.5. The van der Waals surface area contributed by atoms with Crippen molar-refractivity contribution in [2.75, 3.05) is 32.8 Å². The molecule has 3 saturated heterocycles. The SMILES string of the molecule is O=C(NC1C[N+]2(CCc3ccc4c(c3)CCO4)CCC1CC2)OC(c1cccc(F)c1)c1cccc(F)c1. The summed E-state index contributed by atoms with van der Waals surface area (Å²) in [5.74, 6) is 0.555. The van der Waals surface area contributed by atoms with Crippen LogP contribution in [0.5, 0.6) is 5.75 Å². The lowest BCUT2D eigenvalue weighted by Crippen LogP contribution is -2.67. The molecule has 1 unspecified atom stereocenters. The maximum atomic E-state index is 14.0. The van der Waals surface area contributed by atoms with Gasteiger partial charge in [0.25, 0.3) is 0 Å². The Bertz CT molecular complexity index is 1280. The predicted molar refractivity (Wildman–Crippen MR) is 140 cm³/mol. The van der Waals surface area contributed by atoms with E-state index in [1.807, 2.05) is 0 Å². The van der Waals surface area contributed by atoms with Gasteiger partial charge in [0, 0.05) is 25.7 Å².